The Kier molecular flexibility index (Phi) is 4.96. The van der Waals surface area contributed by atoms with Crippen LogP contribution in [-0.2, 0) is 0 Å². The normalized spacial score (nSPS) is 11.6. The van der Waals surface area contributed by atoms with E-state index in [1.54, 1.807) is 13.0 Å². The molecule has 102 valence electrons. The van der Waals surface area contributed by atoms with Crippen molar-refractivity contribution in [3.63, 3.8) is 0 Å². The van der Waals surface area contributed by atoms with Crippen molar-refractivity contribution in [1.29, 1.82) is 0 Å². The molecule has 0 aliphatic carbocycles. The van der Waals surface area contributed by atoms with E-state index in [1.807, 2.05) is 6.92 Å². The van der Waals surface area contributed by atoms with Gasteiger partial charge in [0.2, 0.25) is 0 Å². The third-order valence-corrected chi connectivity index (χ3v) is 3.02. The fourth-order valence-electron chi connectivity index (χ4n) is 1.92. The van der Waals surface area contributed by atoms with Gasteiger partial charge in [-0.15, -0.1) is 0 Å². The van der Waals surface area contributed by atoms with Crippen LogP contribution in [0, 0.1) is 19.3 Å². The molecule has 1 rings (SSSR count). The number of nitrogens with one attached hydrogen (secondary N) is 1. The molecule has 0 radical (unpaired) electrons. The van der Waals surface area contributed by atoms with E-state index in [0.29, 0.717) is 17.9 Å². The van der Waals surface area contributed by atoms with Crippen LogP contribution in [0.2, 0.25) is 0 Å². The van der Waals surface area contributed by atoms with Crippen LogP contribution in [0.1, 0.15) is 48.6 Å². The van der Waals surface area contributed by atoms with Crippen molar-refractivity contribution in [2.24, 2.45) is 5.41 Å². The second-order valence-electron chi connectivity index (χ2n) is 5.50. The van der Waals surface area contributed by atoms with Crippen molar-refractivity contribution < 1.29 is 14.3 Å². The van der Waals surface area contributed by atoms with Crippen molar-refractivity contribution in [3.05, 3.63) is 23.2 Å². The molecule has 0 unspecified atom stereocenters. The molecular weight excluding hydrogens is 230 g/mol. The van der Waals surface area contributed by atoms with E-state index >= 15 is 0 Å². The second kappa shape index (κ2) is 6.05. The van der Waals surface area contributed by atoms with Gasteiger partial charge >= 0.3 is 0 Å². The highest BCUT2D eigenvalue weighted by Gasteiger charge is 2.20. The summed E-state index contributed by atoms with van der Waals surface area (Å²) >= 11 is 0. The molecule has 1 aromatic rings. The Labute approximate surface area is 108 Å². The van der Waals surface area contributed by atoms with E-state index in [1.165, 1.54) is 0 Å². The molecule has 0 aromatic carbocycles. The largest absolute Gasteiger partial charge is 0.466 e. The second-order valence-corrected chi connectivity index (χ2v) is 5.50. The Hall–Kier alpha value is -1.29. The fourth-order valence-corrected chi connectivity index (χ4v) is 1.92. The minimum atomic E-state index is -0.0959. The SMILES string of the molecule is Cc1cc(C(=O)NCC(C)(C)CCCO)c(C)o1. The first-order valence-electron chi connectivity index (χ1n) is 6.32. The molecule has 0 saturated carbocycles. The van der Waals surface area contributed by atoms with Crippen LogP contribution in [0.25, 0.3) is 0 Å². The number of aryl methyl sites for hydroxylation is 2. The molecular formula is C14H23NO3. The standard InChI is InChI=1S/C14H23NO3/c1-10-8-12(11(2)18-10)13(17)15-9-14(3,4)6-5-7-16/h8,16H,5-7,9H2,1-4H3,(H,15,17). The highest BCUT2D eigenvalue weighted by Crippen LogP contribution is 2.21. The first kappa shape index (κ1) is 14.8. The summed E-state index contributed by atoms with van der Waals surface area (Å²) in [6.45, 7) is 8.56. The molecule has 0 fully saturated rings. The van der Waals surface area contributed by atoms with E-state index < -0.39 is 0 Å². The van der Waals surface area contributed by atoms with Gasteiger partial charge in [-0.25, -0.2) is 0 Å². The number of aliphatic hydroxyl groups excluding tert-OH is 1. The van der Waals surface area contributed by atoms with Gasteiger partial charge in [-0.2, -0.15) is 0 Å². The number of amides is 1. The summed E-state index contributed by atoms with van der Waals surface area (Å²) in [6.07, 6.45) is 1.64. The van der Waals surface area contributed by atoms with Crippen LogP contribution in [0.15, 0.2) is 10.5 Å². The lowest BCUT2D eigenvalue weighted by Crippen LogP contribution is -2.34. The molecule has 2 N–H and O–H groups in total. The zero-order valence-corrected chi connectivity index (χ0v) is 11.7. The van der Waals surface area contributed by atoms with Gasteiger partial charge in [-0.05, 0) is 38.2 Å². The number of carbonyl (C=O) groups is 1. The fraction of sp³-hybridized carbons (Fsp3) is 0.643. The third-order valence-electron chi connectivity index (χ3n) is 3.02. The van der Waals surface area contributed by atoms with Gasteiger partial charge in [-0.1, -0.05) is 13.8 Å². The molecule has 4 heteroatoms. The maximum absolute atomic E-state index is 12.0. The van der Waals surface area contributed by atoms with Gasteiger partial charge in [-0.3, -0.25) is 4.79 Å². The van der Waals surface area contributed by atoms with Gasteiger partial charge in [0.05, 0.1) is 5.56 Å². The number of rotatable bonds is 6. The van der Waals surface area contributed by atoms with Crippen molar-refractivity contribution in [2.75, 3.05) is 13.2 Å². The van der Waals surface area contributed by atoms with Crippen LogP contribution in [0.5, 0.6) is 0 Å². The topological polar surface area (TPSA) is 62.5 Å². The maximum Gasteiger partial charge on any atom is 0.254 e. The van der Waals surface area contributed by atoms with E-state index in [2.05, 4.69) is 19.2 Å². The molecule has 0 spiro atoms. The Morgan fingerprint density at radius 1 is 1.44 bits per heavy atom. The minimum Gasteiger partial charge on any atom is -0.466 e. The zero-order chi connectivity index (χ0) is 13.8. The average Bonchev–Trinajstić information content (AvgIpc) is 2.63. The monoisotopic (exact) mass is 253 g/mol. The highest BCUT2D eigenvalue weighted by molar-refractivity contribution is 5.95. The van der Waals surface area contributed by atoms with Crippen LogP contribution in [0.4, 0.5) is 0 Å². The molecule has 0 saturated heterocycles. The van der Waals surface area contributed by atoms with Crippen LogP contribution >= 0.6 is 0 Å². The Morgan fingerprint density at radius 2 is 2.11 bits per heavy atom. The minimum absolute atomic E-state index is 0.00885. The van der Waals surface area contributed by atoms with Gasteiger partial charge in [0, 0.05) is 13.2 Å². The molecule has 1 aromatic heterocycles. The first-order valence-corrected chi connectivity index (χ1v) is 6.32. The van der Waals surface area contributed by atoms with Crippen molar-refractivity contribution in [2.45, 2.75) is 40.5 Å². The summed E-state index contributed by atoms with van der Waals surface area (Å²) in [5.74, 6) is 1.30. The Bertz CT molecular complexity index is 407. The average molecular weight is 253 g/mol. The van der Waals surface area contributed by atoms with E-state index in [-0.39, 0.29) is 17.9 Å². The summed E-state index contributed by atoms with van der Waals surface area (Å²) in [5.41, 5.74) is 0.593. The van der Waals surface area contributed by atoms with Gasteiger partial charge in [0.1, 0.15) is 11.5 Å². The van der Waals surface area contributed by atoms with Crippen LogP contribution in [0.3, 0.4) is 0 Å². The summed E-state index contributed by atoms with van der Waals surface area (Å²) in [5, 5.41) is 11.7. The number of hydrogen-bond acceptors (Lipinski definition) is 3. The molecule has 0 bridgehead atoms. The van der Waals surface area contributed by atoms with Gasteiger partial charge in [0.25, 0.3) is 5.91 Å². The predicted molar refractivity (Wildman–Crippen MR) is 70.6 cm³/mol. The molecule has 0 aliphatic rings. The van der Waals surface area contributed by atoms with Gasteiger partial charge < -0.3 is 14.8 Å². The lowest BCUT2D eigenvalue weighted by atomic mass is 9.88. The summed E-state index contributed by atoms with van der Waals surface area (Å²) < 4.78 is 5.34. The predicted octanol–water partition coefficient (Wildman–Crippen LogP) is 2.42. The zero-order valence-electron chi connectivity index (χ0n) is 11.7. The quantitative estimate of drug-likeness (QED) is 0.818. The van der Waals surface area contributed by atoms with E-state index in [4.69, 9.17) is 9.52 Å². The summed E-state index contributed by atoms with van der Waals surface area (Å²) in [4.78, 5) is 12.0. The van der Waals surface area contributed by atoms with E-state index in [0.717, 1.165) is 18.6 Å². The number of furan rings is 1. The summed E-state index contributed by atoms with van der Waals surface area (Å²) in [7, 11) is 0. The molecule has 4 nitrogen and oxygen atoms in total. The Balaban J connectivity index is 2.53. The van der Waals surface area contributed by atoms with E-state index in [9.17, 15) is 4.79 Å². The van der Waals surface area contributed by atoms with Crippen LogP contribution in [-0.4, -0.2) is 24.2 Å². The third kappa shape index (κ3) is 4.18. The molecule has 18 heavy (non-hydrogen) atoms. The van der Waals surface area contributed by atoms with Crippen molar-refractivity contribution in [1.82, 2.24) is 5.32 Å². The van der Waals surface area contributed by atoms with Gasteiger partial charge in [0.15, 0.2) is 0 Å². The molecule has 0 aliphatic heterocycles. The lowest BCUT2D eigenvalue weighted by Gasteiger charge is -2.24. The lowest BCUT2D eigenvalue weighted by molar-refractivity contribution is 0.0931. The molecule has 1 amide bonds. The van der Waals surface area contributed by atoms with Crippen molar-refractivity contribution >= 4 is 5.91 Å². The molecule has 1 heterocycles. The molecule has 0 atom stereocenters. The number of hydrogen-bond donors (Lipinski definition) is 2. The number of carbonyl (C=O) groups excluding carboxylic acids is 1. The smallest absolute Gasteiger partial charge is 0.254 e. The Morgan fingerprint density at radius 3 is 2.61 bits per heavy atom. The first-order chi connectivity index (χ1) is 8.35. The highest BCUT2D eigenvalue weighted by atomic mass is 16.3. The van der Waals surface area contributed by atoms with Crippen molar-refractivity contribution in [3.8, 4) is 0 Å². The maximum atomic E-state index is 12.0. The summed E-state index contributed by atoms with van der Waals surface area (Å²) in [6, 6.07) is 1.76. The van der Waals surface area contributed by atoms with Crippen LogP contribution < -0.4 is 5.32 Å². The number of aliphatic hydroxyl groups is 1.